The van der Waals surface area contributed by atoms with Gasteiger partial charge in [-0.05, 0) is 42.7 Å². The number of benzene rings is 1. The molecule has 0 radical (unpaired) electrons. The molecule has 3 aromatic rings. The minimum atomic E-state index is -4.72. The summed E-state index contributed by atoms with van der Waals surface area (Å²) in [4.78, 5) is 23.1. The van der Waals surface area contributed by atoms with Crippen LogP contribution in [0.3, 0.4) is 0 Å². The normalized spacial score (nSPS) is 18.6. The molecule has 37 heavy (non-hydrogen) atoms. The van der Waals surface area contributed by atoms with Gasteiger partial charge in [0, 0.05) is 36.6 Å². The summed E-state index contributed by atoms with van der Waals surface area (Å²) in [6.45, 7) is 1.51. The predicted molar refractivity (Wildman–Crippen MR) is 120 cm³/mol. The van der Waals surface area contributed by atoms with E-state index in [1.807, 2.05) is 0 Å². The Morgan fingerprint density at radius 1 is 1.08 bits per heavy atom. The number of sulfonamides is 1. The Hall–Kier alpha value is -3.52. The predicted octanol–water partition coefficient (Wildman–Crippen LogP) is 3.55. The topological polar surface area (TPSA) is 105 Å². The third kappa shape index (κ3) is 5.74. The van der Waals surface area contributed by atoms with Gasteiger partial charge in [-0.1, -0.05) is 6.92 Å². The molecule has 4 rings (SSSR count). The first-order chi connectivity index (χ1) is 17.4. The van der Waals surface area contributed by atoms with Crippen LogP contribution in [0.4, 0.5) is 22.0 Å². The van der Waals surface area contributed by atoms with Crippen molar-refractivity contribution in [3.05, 3.63) is 71.9 Å². The molecule has 1 aliphatic rings. The summed E-state index contributed by atoms with van der Waals surface area (Å²) in [6, 6.07) is 4.40. The van der Waals surface area contributed by atoms with Gasteiger partial charge in [0.25, 0.3) is 0 Å². The molecule has 1 saturated heterocycles. The second kappa shape index (κ2) is 10.1. The minimum absolute atomic E-state index is 0.0303. The van der Waals surface area contributed by atoms with Crippen LogP contribution >= 0.6 is 0 Å². The van der Waals surface area contributed by atoms with Gasteiger partial charge in [0.15, 0.2) is 0 Å². The fraction of sp³-hybridized carbons (Fsp3) is 0.304. The maximum atomic E-state index is 14.4. The summed E-state index contributed by atoms with van der Waals surface area (Å²) in [5.41, 5.74) is 0.147. The van der Waals surface area contributed by atoms with Crippen molar-refractivity contribution in [1.29, 1.82) is 0 Å². The second-order valence-corrected chi connectivity index (χ2v) is 10.4. The Morgan fingerprint density at radius 3 is 2.35 bits per heavy atom. The number of carbonyl (C=O) groups is 1. The Bertz CT molecular complexity index is 1400. The molecule has 0 bridgehead atoms. The third-order valence-corrected chi connectivity index (χ3v) is 7.67. The van der Waals surface area contributed by atoms with Crippen molar-refractivity contribution in [3.8, 4) is 11.3 Å². The van der Waals surface area contributed by atoms with Gasteiger partial charge in [-0.2, -0.15) is 17.5 Å². The van der Waals surface area contributed by atoms with Crippen molar-refractivity contribution in [3.63, 3.8) is 0 Å². The minimum Gasteiger partial charge on any atom is -0.351 e. The van der Waals surface area contributed by atoms with Crippen LogP contribution in [0, 0.1) is 17.6 Å². The Kier molecular flexibility index (Phi) is 7.24. The molecule has 0 aliphatic carbocycles. The number of rotatable bonds is 6. The molecule has 8 nitrogen and oxygen atoms in total. The van der Waals surface area contributed by atoms with Crippen molar-refractivity contribution in [2.45, 2.75) is 37.0 Å². The van der Waals surface area contributed by atoms with Crippen LogP contribution in [-0.4, -0.2) is 46.2 Å². The Labute approximate surface area is 208 Å². The molecule has 1 unspecified atom stereocenters. The summed E-state index contributed by atoms with van der Waals surface area (Å²) in [7, 11) is -4.10. The van der Waals surface area contributed by atoms with Gasteiger partial charge >= 0.3 is 6.18 Å². The number of nitrogens with one attached hydrogen (secondary N) is 1. The van der Waals surface area contributed by atoms with E-state index in [9.17, 15) is 35.2 Å². The van der Waals surface area contributed by atoms with Crippen LogP contribution in [0.5, 0.6) is 0 Å². The number of carbonyl (C=O) groups excluding carboxylic acids is 1. The maximum Gasteiger partial charge on any atom is 0.451 e. The third-order valence-electron chi connectivity index (χ3n) is 5.78. The monoisotopic (exact) mass is 541 g/mol. The molecule has 2 atom stereocenters. The van der Waals surface area contributed by atoms with Gasteiger partial charge < -0.3 is 5.32 Å². The highest BCUT2D eigenvalue weighted by atomic mass is 32.2. The summed E-state index contributed by atoms with van der Waals surface area (Å²) in [5.74, 6) is -3.53. The van der Waals surface area contributed by atoms with Gasteiger partial charge in [-0.25, -0.2) is 27.2 Å². The van der Waals surface area contributed by atoms with E-state index in [-0.39, 0.29) is 47.1 Å². The average Bonchev–Trinajstić information content (AvgIpc) is 3.26. The first-order valence-corrected chi connectivity index (χ1v) is 12.4. The summed E-state index contributed by atoms with van der Waals surface area (Å²) < 4.78 is 92.9. The molecular weight excluding hydrogens is 521 g/mol. The van der Waals surface area contributed by atoms with Crippen molar-refractivity contribution in [2.75, 3.05) is 6.54 Å². The summed E-state index contributed by atoms with van der Waals surface area (Å²) in [5, 5.41) is 2.52. The van der Waals surface area contributed by atoms with E-state index >= 15 is 0 Å². The zero-order valence-electron chi connectivity index (χ0n) is 19.2. The highest BCUT2D eigenvalue weighted by Gasteiger charge is 2.42. The lowest BCUT2D eigenvalue weighted by Gasteiger charge is -2.23. The Balaban J connectivity index is 1.50. The molecule has 3 heterocycles. The molecule has 14 heteroatoms. The lowest BCUT2D eigenvalue weighted by Crippen LogP contribution is -2.45. The van der Waals surface area contributed by atoms with Gasteiger partial charge in [0.05, 0.1) is 16.8 Å². The number of pyridine rings is 1. The molecule has 1 aliphatic heterocycles. The van der Waals surface area contributed by atoms with Crippen molar-refractivity contribution in [1.82, 2.24) is 24.6 Å². The first-order valence-electron chi connectivity index (χ1n) is 11.0. The molecule has 2 aromatic heterocycles. The van der Waals surface area contributed by atoms with Gasteiger partial charge in [0.1, 0.15) is 17.7 Å². The molecule has 1 N–H and O–H groups in total. The quantitative estimate of drug-likeness (QED) is 0.479. The van der Waals surface area contributed by atoms with E-state index in [2.05, 4.69) is 20.3 Å². The van der Waals surface area contributed by atoms with Gasteiger partial charge in [0.2, 0.25) is 21.8 Å². The second-order valence-electron chi connectivity index (χ2n) is 8.56. The lowest BCUT2D eigenvalue weighted by atomic mass is 10.1. The van der Waals surface area contributed by atoms with Crippen molar-refractivity contribution in [2.24, 2.45) is 5.92 Å². The zero-order chi connectivity index (χ0) is 27.0. The van der Waals surface area contributed by atoms with Crippen LogP contribution in [0.1, 0.15) is 24.7 Å². The average molecular weight is 542 g/mol. The number of halogens is 5. The SMILES string of the molecule is CC1C[C@@H](C(=O)NCc2cc(-c3cnc(C(F)(F)F)nc3)ncc2F)N(S(=O)(=O)c2ccc(F)cc2)C1. The van der Waals surface area contributed by atoms with E-state index < -0.39 is 45.6 Å². The van der Waals surface area contributed by atoms with E-state index in [1.165, 1.54) is 6.07 Å². The van der Waals surface area contributed by atoms with Crippen LogP contribution in [0.2, 0.25) is 0 Å². The molecule has 1 amide bonds. The number of alkyl halides is 3. The van der Waals surface area contributed by atoms with Crippen LogP contribution in [0.25, 0.3) is 11.3 Å². The van der Waals surface area contributed by atoms with Gasteiger partial charge in [-0.15, -0.1) is 0 Å². The maximum absolute atomic E-state index is 14.4. The molecule has 0 spiro atoms. The number of aromatic nitrogens is 3. The van der Waals surface area contributed by atoms with E-state index in [0.29, 0.717) is 0 Å². The number of hydrogen-bond acceptors (Lipinski definition) is 6. The number of nitrogens with zero attached hydrogens (tertiary/aromatic N) is 4. The molecule has 1 fully saturated rings. The fourth-order valence-electron chi connectivity index (χ4n) is 3.93. The standard InChI is InChI=1S/C23H20F5N5O3S/c1-13-6-20(33(12-13)37(35,36)17-4-2-16(24)3-5-17)21(34)30-8-14-7-19(29-11-18(14)25)15-9-31-22(32-10-15)23(26,27)28/h2-5,7,9-11,13,20H,6,8,12H2,1H3,(H,30,34)/t13?,20-/m0/s1. The highest BCUT2D eigenvalue weighted by Crippen LogP contribution is 2.30. The first kappa shape index (κ1) is 26.5. The smallest absolute Gasteiger partial charge is 0.351 e. The molecule has 196 valence electrons. The zero-order valence-corrected chi connectivity index (χ0v) is 20.0. The van der Waals surface area contributed by atoms with E-state index in [1.54, 1.807) is 6.92 Å². The van der Waals surface area contributed by atoms with Crippen LogP contribution in [0.15, 0.2) is 53.8 Å². The molecule has 0 saturated carbocycles. The van der Waals surface area contributed by atoms with Crippen molar-refractivity contribution >= 4 is 15.9 Å². The van der Waals surface area contributed by atoms with Crippen LogP contribution < -0.4 is 5.32 Å². The Morgan fingerprint density at radius 2 is 1.73 bits per heavy atom. The number of amides is 1. The largest absolute Gasteiger partial charge is 0.451 e. The van der Waals surface area contributed by atoms with Crippen LogP contribution in [-0.2, 0) is 27.5 Å². The molecule has 1 aromatic carbocycles. The molecular formula is C23H20F5N5O3S. The highest BCUT2D eigenvalue weighted by molar-refractivity contribution is 7.89. The summed E-state index contributed by atoms with van der Waals surface area (Å²) in [6.07, 6.45) is -1.86. The van der Waals surface area contributed by atoms with Crippen molar-refractivity contribution < 1.29 is 35.2 Å². The fourth-order valence-corrected chi connectivity index (χ4v) is 5.65. The number of hydrogen-bond donors (Lipinski definition) is 1. The lowest BCUT2D eigenvalue weighted by molar-refractivity contribution is -0.145. The van der Waals surface area contributed by atoms with Gasteiger partial charge in [-0.3, -0.25) is 9.78 Å². The summed E-state index contributed by atoms with van der Waals surface area (Å²) >= 11 is 0. The van der Waals surface area contributed by atoms with E-state index in [4.69, 9.17) is 0 Å². The van der Waals surface area contributed by atoms with E-state index in [0.717, 1.165) is 47.2 Å².